The molecular formula is C21H21NO3S. The van der Waals surface area contributed by atoms with E-state index in [2.05, 4.69) is 0 Å². The first-order valence-electron chi connectivity index (χ1n) is 8.91. The van der Waals surface area contributed by atoms with Crippen molar-refractivity contribution in [2.45, 2.75) is 37.5 Å². The minimum Gasteiger partial charge on any atom is -0.283 e. The summed E-state index contributed by atoms with van der Waals surface area (Å²) in [6, 6.07) is 14.4. The minimum atomic E-state index is -3.67. The van der Waals surface area contributed by atoms with Crippen LogP contribution in [0.15, 0.2) is 53.4 Å². The summed E-state index contributed by atoms with van der Waals surface area (Å²) in [7, 11) is -3.67. The minimum absolute atomic E-state index is 0.196. The molecule has 0 aliphatic heterocycles. The highest BCUT2D eigenvalue weighted by Crippen LogP contribution is 2.32. The zero-order valence-corrected chi connectivity index (χ0v) is 15.6. The van der Waals surface area contributed by atoms with Gasteiger partial charge in [-0.3, -0.25) is 9.36 Å². The predicted octanol–water partition coefficient (Wildman–Crippen LogP) is 3.94. The summed E-state index contributed by atoms with van der Waals surface area (Å²) in [6.45, 7) is 1.90. The number of benzene rings is 2. The quantitative estimate of drug-likeness (QED) is 0.704. The van der Waals surface area contributed by atoms with Crippen LogP contribution in [0.25, 0.3) is 10.9 Å². The fourth-order valence-electron chi connectivity index (χ4n) is 3.84. The van der Waals surface area contributed by atoms with Gasteiger partial charge in [-0.2, -0.15) is 0 Å². The van der Waals surface area contributed by atoms with Crippen molar-refractivity contribution in [2.75, 3.05) is 5.75 Å². The molecule has 4 nitrogen and oxygen atoms in total. The van der Waals surface area contributed by atoms with Crippen molar-refractivity contribution < 1.29 is 13.2 Å². The van der Waals surface area contributed by atoms with Crippen molar-refractivity contribution in [1.29, 1.82) is 0 Å². The molecule has 0 N–H and O–H groups in total. The van der Waals surface area contributed by atoms with Crippen LogP contribution in [0, 0.1) is 6.92 Å². The molecule has 0 amide bonds. The number of nitrogens with zero attached hydrogens (tertiary/aromatic N) is 1. The van der Waals surface area contributed by atoms with Gasteiger partial charge in [0.15, 0.2) is 9.84 Å². The van der Waals surface area contributed by atoms with Crippen molar-refractivity contribution >= 4 is 26.6 Å². The lowest BCUT2D eigenvalue weighted by Gasteiger charge is -2.15. The van der Waals surface area contributed by atoms with Crippen LogP contribution in [0.5, 0.6) is 0 Å². The van der Waals surface area contributed by atoms with Crippen LogP contribution >= 0.6 is 0 Å². The van der Waals surface area contributed by atoms with E-state index in [0.717, 1.165) is 47.8 Å². The molecule has 0 atom stereocenters. The Bertz CT molecular complexity index is 1090. The van der Waals surface area contributed by atoms with Crippen LogP contribution in [-0.2, 0) is 22.7 Å². The SMILES string of the molecule is Cc1ccc(S(=O)(=O)CC(=O)n2c3c(c4ccccc42)CCCC3)cc1. The van der Waals surface area contributed by atoms with E-state index in [4.69, 9.17) is 0 Å². The van der Waals surface area contributed by atoms with Crippen LogP contribution in [-0.4, -0.2) is 24.6 Å². The van der Waals surface area contributed by atoms with Crippen molar-refractivity contribution in [3.8, 4) is 0 Å². The van der Waals surface area contributed by atoms with E-state index in [0.29, 0.717) is 0 Å². The van der Waals surface area contributed by atoms with Crippen molar-refractivity contribution in [1.82, 2.24) is 4.57 Å². The van der Waals surface area contributed by atoms with Gasteiger partial charge in [-0.15, -0.1) is 0 Å². The molecule has 1 aliphatic carbocycles. The number of sulfone groups is 1. The summed E-state index contributed by atoms with van der Waals surface area (Å²) in [4.78, 5) is 13.2. The van der Waals surface area contributed by atoms with Crippen LogP contribution < -0.4 is 0 Å². The van der Waals surface area contributed by atoms with Gasteiger partial charge in [0.25, 0.3) is 0 Å². The first-order valence-corrected chi connectivity index (χ1v) is 10.6. The fourth-order valence-corrected chi connectivity index (χ4v) is 5.01. The number of carbonyl (C=O) groups excluding carboxylic acids is 1. The number of fused-ring (bicyclic) bond motifs is 3. The van der Waals surface area contributed by atoms with Gasteiger partial charge in [-0.05, 0) is 56.4 Å². The molecular weight excluding hydrogens is 346 g/mol. The summed E-state index contributed by atoms with van der Waals surface area (Å²) in [5.41, 5.74) is 4.00. The number of aromatic nitrogens is 1. The predicted molar refractivity (Wildman–Crippen MR) is 102 cm³/mol. The van der Waals surface area contributed by atoms with Gasteiger partial charge in [-0.25, -0.2) is 8.42 Å². The van der Waals surface area contributed by atoms with Crippen LogP contribution in [0.3, 0.4) is 0 Å². The second-order valence-electron chi connectivity index (χ2n) is 6.95. The third kappa shape index (κ3) is 2.86. The summed E-state index contributed by atoms with van der Waals surface area (Å²) in [5, 5.41) is 1.07. The van der Waals surface area contributed by atoms with Crippen LogP contribution in [0.4, 0.5) is 0 Å². The second-order valence-corrected chi connectivity index (χ2v) is 8.94. The smallest absolute Gasteiger partial charge is 0.246 e. The Kier molecular flexibility index (Phi) is 4.19. The van der Waals surface area contributed by atoms with Gasteiger partial charge < -0.3 is 0 Å². The first kappa shape index (κ1) is 17.0. The highest BCUT2D eigenvalue weighted by atomic mass is 32.2. The zero-order valence-electron chi connectivity index (χ0n) is 14.7. The molecule has 0 radical (unpaired) electrons. The molecule has 4 rings (SSSR count). The molecule has 0 unspecified atom stereocenters. The van der Waals surface area contributed by atoms with Crippen molar-refractivity contribution in [3.05, 3.63) is 65.4 Å². The van der Waals surface area contributed by atoms with Gasteiger partial charge in [-0.1, -0.05) is 35.9 Å². The molecule has 0 saturated heterocycles. The third-order valence-electron chi connectivity index (χ3n) is 5.12. The lowest BCUT2D eigenvalue weighted by atomic mass is 9.96. The number of hydrogen-bond donors (Lipinski definition) is 0. The Morgan fingerprint density at radius 1 is 1.00 bits per heavy atom. The second kappa shape index (κ2) is 6.40. The normalized spacial score (nSPS) is 14.3. The summed E-state index contributed by atoms with van der Waals surface area (Å²) >= 11 is 0. The summed E-state index contributed by atoms with van der Waals surface area (Å²) < 4.78 is 27.1. The maximum atomic E-state index is 13.0. The van der Waals surface area contributed by atoms with E-state index in [1.807, 2.05) is 31.2 Å². The topological polar surface area (TPSA) is 56.1 Å². The Labute approximate surface area is 153 Å². The van der Waals surface area contributed by atoms with Crippen LogP contribution in [0.2, 0.25) is 0 Å². The molecule has 2 aromatic carbocycles. The largest absolute Gasteiger partial charge is 0.283 e. The summed E-state index contributed by atoms with van der Waals surface area (Å²) in [5.74, 6) is -0.883. The Hall–Kier alpha value is -2.40. The number of rotatable bonds is 3. The Morgan fingerprint density at radius 3 is 2.46 bits per heavy atom. The number of aryl methyl sites for hydroxylation is 2. The van der Waals surface area contributed by atoms with Gasteiger partial charge >= 0.3 is 0 Å². The van der Waals surface area contributed by atoms with Gasteiger partial charge in [0.2, 0.25) is 5.91 Å². The molecule has 1 aromatic heterocycles. The molecule has 0 saturated carbocycles. The van der Waals surface area contributed by atoms with E-state index in [-0.39, 0.29) is 10.8 Å². The lowest BCUT2D eigenvalue weighted by Crippen LogP contribution is -2.24. The first-order chi connectivity index (χ1) is 12.5. The van der Waals surface area contributed by atoms with Gasteiger partial charge in [0.1, 0.15) is 5.75 Å². The molecule has 0 spiro atoms. The maximum Gasteiger partial charge on any atom is 0.246 e. The van der Waals surface area contributed by atoms with E-state index >= 15 is 0 Å². The average Bonchev–Trinajstić information content (AvgIpc) is 2.96. The maximum absolute atomic E-state index is 13.0. The molecule has 0 bridgehead atoms. The molecule has 1 aliphatic rings. The monoisotopic (exact) mass is 367 g/mol. The molecule has 26 heavy (non-hydrogen) atoms. The molecule has 5 heteroatoms. The molecule has 3 aromatic rings. The highest BCUT2D eigenvalue weighted by molar-refractivity contribution is 7.92. The van der Waals surface area contributed by atoms with Gasteiger partial charge in [0, 0.05) is 11.1 Å². The summed E-state index contributed by atoms with van der Waals surface area (Å²) in [6.07, 6.45) is 3.90. The van der Waals surface area contributed by atoms with Crippen molar-refractivity contribution in [3.63, 3.8) is 0 Å². The molecule has 0 fully saturated rings. The van der Waals surface area contributed by atoms with E-state index in [9.17, 15) is 13.2 Å². The Morgan fingerprint density at radius 2 is 1.69 bits per heavy atom. The number of carbonyl (C=O) groups is 1. The zero-order chi connectivity index (χ0) is 18.3. The van der Waals surface area contributed by atoms with Crippen molar-refractivity contribution in [2.24, 2.45) is 0 Å². The molecule has 1 heterocycles. The third-order valence-corrected chi connectivity index (χ3v) is 6.74. The average molecular weight is 367 g/mol. The Balaban J connectivity index is 1.76. The number of para-hydroxylation sites is 1. The van der Waals surface area contributed by atoms with E-state index < -0.39 is 15.6 Å². The molecule has 134 valence electrons. The standard InChI is InChI=1S/C21H21NO3S/c1-15-10-12-16(13-11-15)26(24,25)14-21(23)22-19-8-4-2-6-17(19)18-7-3-5-9-20(18)22/h2,4,6,8,10-13H,3,5,7,9,14H2,1H3. The van der Waals surface area contributed by atoms with Crippen LogP contribution in [0.1, 0.15) is 34.5 Å². The lowest BCUT2D eigenvalue weighted by molar-refractivity contribution is 0.0941. The highest BCUT2D eigenvalue weighted by Gasteiger charge is 2.27. The van der Waals surface area contributed by atoms with E-state index in [1.54, 1.807) is 28.8 Å². The number of hydrogen-bond acceptors (Lipinski definition) is 3. The van der Waals surface area contributed by atoms with Gasteiger partial charge in [0.05, 0.1) is 10.4 Å². The van der Waals surface area contributed by atoms with E-state index in [1.165, 1.54) is 5.56 Å². The fraction of sp³-hybridized carbons (Fsp3) is 0.286.